The van der Waals surface area contributed by atoms with Gasteiger partial charge in [-0.25, -0.2) is 0 Å². The van der Waals surface area contributed by atoms with Crippen LogP contribution in [0.25, 0.3) is 0 Å². The molecule has 1 saturated carbocycles. The molecule has 0 aromatic carbocycles. The second kappa shape index (κ2) is 2.71. The van der Waals surface area contributed by atoms with Crippen molar-refractivity contribution in [1.82, 2.24) is 4.90 Å². The molecule has 2 fully saturated rings. The molecule has 1 saturated heterocycles. The highest BCUT2D eigenvalue weighted by Crippen LogP contribution is 2.53. The molecule has 0 bridgehead atoms. The minimum absolute atomic E-state index is 0.327. The molecule has 2 nitrogen and oxygen atoms in total. The van der Waals surface area contributed by atoms with Crippen molar-refractivity contribution in [2.24, 2.45) is 11.3 Å². The lowest BCUT2D eigenvalue weighted by molar-refractivity contribution is -0.00855. The van der Waals surface area contributed by atoms with Crippen LogP contribution in [0.15, 0.2) is 0 Å². The highest BCUT2D eigenvalue weighted by Gasteiger charge is 2.53. The molecule has 1 atom stereocenters. The van der Waals surface area contributed by atoms with E-state index in [1.165, 1.54) is 25.9 Å². The molecule has 0 radical (unpaired) electrons. The van der Waals surface area contributed by atoms with Crippen LogP contribution in [0.3, 0.4) is 0 Å². The average Bonchev–Trinajstić information content (AvgIpc) is 2.66. The molecular formula is C10H19NO. The third-order valence-corrected chi connectivity index (χ3v) is 3.46. The molecular weight excluding hydrogens is 150 g/mol. The first kappa shape index (κ1) is 8.52. The number of aliphatic hydroxyl groups is 1. The molecule has 0 aromatic rings. The summed E-state index contributed by atoms with van der Waals surface area (Å²) in [6.45, 7) is 7.21. The maximum Gasteiger partial charge on any atom is 0.0589 e. The quantitative estimate of drug-likeness (QED) is 0.684. The van der Waals surface area contributed by atoms with Crippen molar-refractivity contribution in [3.63, 3.8) is 0 Å². The van der Waals surface area contributed by atoms with Crippen LogP contribution < -0.4 is 0 Å². The summed E-state index contributed by atoms with van der Waals surface area (Å²) < 4.78 is 0. The fourth-order valence-corrected chi connectivity index (χ4v) is 2.29. The summed E-state index contributed by atoms with van der Waals surface area (Å²) in [4.78, 5) is 2.44. The van der Waals surface area contributed by atoms with Crippen molar-refractivity contribution in [3.05, 3.63) is 0 Å². The first-order valence-corrected chi connectivity index (χ1v) is 5.02. The molecule has 0 amide bonds. The topological polar surface area (TPSA) is 23.5 Å². The monoisotopic (exact) mass is 169 g/mol. The number of rotatable bonds is 3. The molecule has 1 N–H and O–H groups in total. The Labute approximate surface area is 74.6 Å². The fraction of sp³-hybridized carbons (Fsp3) is 1.00. The van der Waals surface area contributed by atoms with Crippen molar-refractivity contribution in [2.75, 3.05) is 19.7 Å². The second-order valence-corrected chi connectivity index (χ2v) is 4.90. The summed E-state index contributed by atoms with van der Waals surface area (Å²) in [5.74, 6) is 0.589. The predicted molar refractivity (Wildman–Crippen MR) is 49.0 cm³/mol. The lowest BCUT2D eigenvalue weighted by atomic mass is 9.91. The lowest BCUT2D eigenvalue weighted by Gasteiger charge is -2.46. The molecule has 2 rings (SSSR count). The van der Waals surface area contributed by atoms with Gasteiger partial charge in [0.05, 0.1) is 6.61 Å². The normalized spacial score (nSPS) is 29.0. The van der Waals surface area contributed by atoms with E-state index in [2.05, 4.69) is 18.7 Å². The average molecular weight is 169 g/mol. The molecule has 1 unspecified atom stereocenters. The van der Waals surface area contributed by atoms with E-state index in [4.69, 9.17) is 0 Å². The maximum absolute atomic E-state index is 9.18. The Hall–Kier alpha value is -0.0800. The number of hydrogen-bond donors (Lipinski definition) is 1. The van der Waals surface area contributed by atoms with Gasteiger partial charge in [-0.15, -0.1) is 0 Å². The van der Waals surface area contributed by atoms with Gasteiger partial charge in [-0.3, -0.25) is 4.90 Å². The van der Waals surface area contributed by atoms with Gasteiger partial charge in [0, 0.05) is 19.1 Å². The molecule has 12 heavy (non-hydrogen) atoms. The largest absolute Gasteiger partial charge is 0.395 e. The van der Waals surface area contributed by atoms with Crippen LogP contribution in [0.5, 0.6) is 0 Å². The Morgan fingerprint density at radius 1 is 1.33 bits per heavy atom. The summed E-state index contributed by atoms with van der Waals surface area (Å²) in [5.41, 5.74) is 0.725. The van der Waals surface area contributed by atoms with Crippen molar-refractivity contribution in [3.8, 4) is 0 Å². The van der Waals surface area contributed by atoms with E-state index >= 15 is 0 Å². The minimum atomic E-state index is 0.327. The van der Waals surface area contributed by atoms with Gasteiger partial charge in [-0.05, 0) is 24.2 Å². The molecule has 2 aliphatic rings. The summed E-state index contributed by atoms with van der Waals surface area (Å²) >= 11 is 0. The van der Waals surface area contributed by atoms with Crippen LogP contribution in [0.1, 0.15) is 26.7 Å². The lowest BCUT2D eigenvalue weighted by Crippen LogP contribution is -2.56. The second-order valence-electron chi connectivity index (χ2n) is 4.90. The van der Waals surface area contributed by atoms with Gasteiger partial charge in [-0.2, -0.15) is 0 Å². The molecule has 0 aromatic heterocycles. The summed E-state index contributed by atoms with van der Waals surface area (Å²) in [7, 11) is 0. The molecule has 1 heterocycles. The molecule has 2 heteroatoms. The Balaban J connectivity index is 1.84. The first-order valence-electron chi connectivity index (χ1n) is 5.02. The summed E-state index contributed by atoms with van der Waals surface area (Å²) in [6, 6.07) is 0.413. The van der Waals surface area contributed by atoms with Crippen LogP contribution in [0.4, 0.5) is 0 Å². The van der Waals surface area contributed by atoms with E-state index in [9.17, 15) is 5.11 Å². The number of nitrogens with zero attached hydrogens (tertiary/aromatic N) is 1. The zero-order valence-corrected chi connectivity index (χ0v) is 8.08. The Bertz CT molecular complexity index is 167. The highest BCUT2D eigenvalue weighted by molar-refractivity contribution is 5.06. The zero-order valence-electron chi connectivity index (χ0n) is 8.08. The summed E-state index contributed by atoms with van der Waals surface area (Å²) in [6.07, 6.45) is 2.86. The van der Waals surface area contributed by atoms with E-state index in [0.717, 1.165) is 5.41 Å². The van der Waals surface area contributed by atoms with Crippen molar-refractivity contribution in [2.45, 2.75) is 32.7 Å². The van der Waals surface area contributed by atoms with Crippen LogP contribution in [-0.4, -0.2) is 35.7 Å². The maximum atomic E-state index is 9.18. The number of hydrogen-bond acceptors (Lipinski definition) is 2. The van der Waals surface area contributed by atoms with Gasteiger partial charge in [0.2, 0.25) is 0 Å². The van der Waals surface area contributed by atoms with Gasteiger partial charge >= 0.3 is 0 Å². The van der Waals surface area contributed by atoms with Gasteiger partial charge in [0.25, 0.3) is 0 Å². The van der Waals surface area contributed by atoms with Crippen LogP contribution >= 0.6 is 0 Å². The van der Waals surface area contributed by atoms with E-state index < -0.39 is 0 Å². The molecule has 1 aliphatic carbocycles. The standard InChI is InChI=1S/C10H19NO/c1-8(2)9(5-12)11-6-10(7-11)3-4-10/h8-9,12H,3-7H2,1-2H3. The van der Waals surface area contributed by atoms with Crippen LogP contribution in [0.2, 0.25) is 0 Å². The molecule has 1 spiro atoms. The molecule has 1 aliphatic heterocycles. The highest BCUT2D eigenvalue weighted by atomic mass is 16.3. The number of likely N-dealkylation sites (tertiary alicyclic amines) is 1. The van der Waals surface area contributed by atoms with Gasteiger partial charge in [0.1, 0.15) is 0 Å². The van der Waals surface area contributed by atoms with Gasteiger partial charge in [0.15, 0.2) is 0 Å². The van der Waals surface area contributed by atoms with Gasteiger partial charge < -0.3 is 5.11 Å². The smallest absolute Gasteiger partial charge is 0.0589 e. The van der Waals surface area contributed by atoms with Crippen LogP contribution in [-0.2, 0) is 0 Å². The Morgan fingerprint density at radius 2 is 1.92 bits per heavy atom. The Morgan fingerprint density at radius 3 is 2.25 bits per heavy atom. The Kier molecular flexibility index (Phi) is 1.92. The van der Waals surface area contributed by atoms with Crippen molar-refractivity contribution < 1.29 is 5.11 Å². The molecule has 70 valence electrons. The van der Waals surface area contributed by atoms with E-state index in [1.807, 2.05) is 0 Å². The van der Waals surface area contributed by atoms with E-state index in [-0.39, 0.29) is 0 Å². The zero-order chi connectivity index (χ0) is 8.77. The van der Waals surface area contributed by atoms with Crippen molar-refractivity contribution in [1.29, 1.82) is 0 Å². The first-order chi connectivity index (χ1) is 5.67. The summed E-state index contributed by atoms with van der Waals surface area (Å²) in [5, 5.41) is 9.18. The number of aliphatic hydroxyl groups excluding tert-OH is 1. The van der Waals surface area contributed by atoms with E-state index in [0.29, 0.717) is 18.6 Å². The van der Waals surface area contributed by atoms with Crippen molar-refractivity contribution >= 4 is 0 Å². The SMILES string of the molecule is CC(C)C(CO)N1CC2(CC2)C1. The van der Waals surface area contributed by atoms with E-state index in [1.54, 1.807) is 0 Å². The third-order valence-electron chi connectivity index (χ3n) is 3.46. The third kappa shape index (κ3) is 1.27. The minimum Gasteiger partial charge on any atom is -0.395 e. The van der Waals surface area contributed by atoms with Crippen LogP contribution in [0, 0.1) is 11.3 Å². The fourth-order valence-electron chi connectivity index (χ4n) is 2.29. The van der Waals surface area contributed by atoms with Gasteiger partial charge in [-0.1, -0.05) is 13.8 Å². The predicted octanol–water partition coefficient (Wildman–Crippen LogP) is 1.10.